The number of halogens is 1. The first-order chi connectivity index (χ1) is 12.1. The van der Waals surface area contributed by atoms with Gasteiger partial charge < -0.3 is 10.3 Å². The van der Waals surface area contributed by atoms with E-state index < -0.39 is 0 Å². The molecule has 1 unspecified atom stereocenters. The minimum absolute atomic E-state index is 0.187. The van der Waals surface area contributed by atoms with E-state index in [1.807, 2.05) is 36.5 Å². The number of aromatic hydroxyl groups is 1. The third-order valence-corrected chi connectivity index (χ3v) is 4.84. The molecular formula is C20H15ClN2O2+. The summed E-state index contributed by atoms with van der Waals surface area (Å²) in [6.07, 6.45) is 8.16. The summed E-state index contributed by atoms with van der Waals surface area (Å²) in [5.74, 6) is 0.187. The SMILES string of the molecule is [O-][n+]1ccc([N+]2(Cc3ccccc3Cl)C=[C]c3ccc(O)cc32)cc1. The van der Waals surface area contributed by atoms with Gasteiger partial charge in [-0.2, -0.15) is 4.73 Å². The number of phenols is 1. The highest BCUT2D eigenvalue weighted by Gasteiger charge is 2.39. The van der Waals surface area contributed by atoms with Crippen molar-refractivity contribution in [2.24, 2.45) is 0 Å². The van der Waals surface area contributed by atoms with Gasteiger partial charge in [-0.05, 0) is 18.2 Å². The Bertz CT molecular complexity index is 970. The molecule has 123 valence electrons. The largest absolute Gasteiger partial charge is 0.619 e. The zero-order chi connectivity index (χ0) is 17.4. The molecule has 0 spiro atoms. The van der Waals surface area contributed by atoms with Crippen molar-refractivity contribution in [2.45, 2.75) is 6.54 Å². The van der Waals surface area contributed by atoms with Crippen molar-refractivity contribution in [2.75, 3.05) is 0 Å². The second-order valence-corrected chi connectivity index (χ2v) is 6.42. The van der Waals surface area contributed by atoms with E-state index in [0.717, 1.165) is 27.2 Å². The molecular weight excluding hydrogens is 336 g/mol. The molecule has 1 atom stereocenters. The topological polar surface area (TPSA) is 47.2 Å². The van der Waals surface area contributed by atoms with Crippen molar-refractivity contribution < 1.29 is 9.84 Å². The molecule has 1 radical (unpaired) electrons. The van der Waals surface area contributed by atoms with E-state index in [2.05, 4.69) is 6.08 Å². The zero-order valence-electron chi connectivity index (χ0n) is 13.3. The first kappa shape index (κ1) is 15.7. The quantitative estimate of drug-likeness (QED) is 0.437. The Morgan fingerprint density at radius 2 is 1.84 bits per heavy atom. The number of hydrogen-bond acceptors (Lipinski definition) is 2. The highest BCUT2D eigenvalue weighted by atomic mass is 35.5. The van der Waals surface area contributed by atoms with Crippen LogP contribution in [0.3, 0.4) is 0 Å². The van der Waals surface area contributed by atoms with Crippen molar-refractivity contribution in [1.82, 2.24) is 4.48 Å². The van der Waals surface area contributed by atoms with Crippen LogP contribution in [-0.2, 0) is 6.54 Å². The smallest absolute Gasteiger partial charge is 0.186 e. The Balaban J connectivity index is 1.92. The maximum absolute atomic E-state index is 11.5. The van der Waals surface area contributed by atoms with E-state index in [0.29, 0.717) is 16.1 Å². The first-order valence-corrected chi connectivity index (χ1v) is 8.21. The number of phenolic OH excluding ortho intramolecular Hbond substituents is 1. The molecule has 1 aromatic heterocycles. The Hall–Kier alpha value is -2.82. The summed E-state index contributed by atoms with van der Waals surface area (Å²) in [5.41, 5.74) is 3.66. The van der Waals surface area contributed by atoms with Crippen LogP contribution >= 0.6 is 11.6 Å². The molecule has 1 aliphatic rings. The van der Waals surface area contributed by atoms with Gasteiger partial charge in [-0.1, -0.05) is 29.8 Å². The van der Waals surface area contributed by atoms with Crippen LogP contribution in [0.5, 0.6) is 5.75 Å². The minimum atomic E-state index is 0.187. The van der Waals surface area contributed by atoms with E-state index >= 15 is 0 Å². The molecule has 0 fully saturated rings. The summed E-state index contributed by atoms with van der Waals surface area (Å²) >= 11 is 6.39. The molecule has 0 saturated carbocycles. The van der Waals surface area contributed by atoms with Crippen LogP contribution < -0.4 is 9.21 Å². The standard InChI is InChI=1S/C20H14ClN2O2/c21-19-4-2-1-3-16(19)14-23(17-7-10-22(25)11-8-17)12-9-15-5-6-18(24)13-20(15)23/h1-8,10-13H,14H2/p+1. The van der Waals surface area contributed by atoms with Crippen molar-refractivity contribution in [3.05, 3.63) is 101 Å². The lowest BCUT2D eigenvalue weighted by atomic mass is 10.1. The molecule has 1 aliphatic heterocycles. The Labute approximate surface area is 150 Å². The summed E-state index contributed by atoms with van der Waals surface area (Å²) in [4.78, 5) is 0. The van der Waals surface area contributed by atoms with E-state index in [4.69, 9.17) is 11.6 Å². The Kier molecular flexibility index (Phi) is 3.71. The van der Waals surface area contributed by atoms with Gasteiger partial charge in [0.25, 0.3) is 0 Å². The maximum Gasteiger partial charge on any atom is 0.186 e. The molecule has 0 aliphatic carbocycles. The number of benzene rings is 2. The van der Waals surface area contributed by atoms with Crippen LogP contribution in [-0.4, -0.2) is 5.11 Å². The van der Waals surface area contributed by atoms with Gasteiger partial charge in [0.1, 0.15) is 18.5 Å². The molecule has 0 amide bonds. The van der Waals surface area contributed by atoms with Crippen molar-refractivity contribution in [1.29, 1.82) is 0 Å². The number of pyridine rings is 1. The van der Waals surface area contributed by atoms with Gasteiger partial charge in [0, 0.05) is 16.7 Å². The van der Waals surface area contributed by atoms with Crippen molar-refractivity contribution >= 4 is 23.0 Å². The predicted molar refractivity (Wildman–Crippen MR) is 97.0 cm³/mol. The summed E-state index contributed by atoms with van der Waals surface area (Å²) in [6.45, 7) is 0.548. The minimum Gasteiger partial charge on any atom is -0.619 e. The van der Waals surface area contributed by atoms with Gasteiger partial charge in [0.2, 0.25) is 0 Å². The number of aromatic nitrogens is 1. The third kappa shape index (κ3) is 2.65. The molecule has 0 bridgehead atoms. The van der Waals surface area contributed by atoms with Crippen LogP contribution in [0.25, 0.3) is 0 Å². The average Bonchev–Trinajstić information content (AvgIpc) is 2.96. The first-order valence-electron chi connectivity index (χ1n) is 7.83. The molecule has 3 aromatic rings. The van der Waals surface area contributed by atoms with Gasteiger partial charge >= 0.3 is 0 Å². The summed E-state index contributed by atoms with van der Waals surface area (Å²) in [6, 6.07) is 16.5. The van der Waals surface area contributed by atoms with Gasteiger partial charge in [0.15, 0.2) is 23.8 Å². The van der Waals surface area contributed by atoms with E-state index in [1.54, 1.807) is 24.3 Å². The fourth-order valence-corrected chi connectivity index (χ4v) is 3.42. The lowest BCUT2D eigenvalue weighted by Crippen LogP contribution is -2.37. The maximum atomic E-state index is 11.5. The fourth-order valence-electron chi connectivity index (χ4n) is 3.22. The van der Waals surface area contributed by atoms with Gasteiger partial charge in [0.05, 0.1) is 23.8 Å². The van der Waals surface area contributed by atoms with E-state index in [9.17, 15) is 10.3 Å². The number of fused-ring (bicyclic) bond motifs is 1. The molecule has 0 saturated heterocycles. The highest BCUT2D eigenvalue weighted by molar-refractivity contribution is 6.31. The van der Waals surface area contributed by atoms with Crippen LogP contribution in [0, 0.1) is 11.3 Å². The fraction of sp³-hybridized carbons (Fsp3) is 0.0500. The van der Waals surface area contributed by atoms with Gasteiger partial charge in [-0.25, -0.2) is 4.48 Å². The van der Waals surface area contributed by atoms with Crippen LogP contribution in [0.4, 0.5) is 11.4 Å². The number of hydrogen-bond donors (Lipinski definition) is 1. The lowest BCUT2D eigenvalue weighted by molar-refractivity contribution is -0.605. The van der Waals surface area contributed by atoms with Crippen molar-refractivity contribution in [3.8, 4) is 5.75 Å². The highest BCUT2D eigenvalue weighted by Crippen LogP contribution is 2.45. The summed E-state index contributed by atoms with van der Waals surface area (Å²) < 4.78 is 1.05. The number of rotatable bonds is 3. The third-order valence-electron chi connectivity index (χ3n) is 4.47. The summed E-state index contributed by atoms with van der Waals surface area (Å²) in [5, 5.41) is 22.2. The van der Waals surface area contributed by atoms with Crippen molar-refractivity contribution in [3.63, 3.8) is 0 Å². The molecule has 1 N–H and O–H groups in total. The number of quaternary nitrogens is 1. The van der Waals surface area contributed by atoms with Crippen LogP contribution in [0.1, 0.15) is 11.1 Å². The molecule has 2 aromatic carbocycles. The molecule has 25 heavy (non-hydrogen) atoms. The lowest BCUT2D eigenvalue weighted by Gasteiger charge is -2.32. The monoisotopic (exact) mass is 350 g/mol. The normalized spacial score (nSPS) is 18.3. The van der Waals surface area contributed by atoms with Crippen LogP contribution in [0.15, 0.2) is 73.2 Å². The van der Waals surface area contributed by atoms with E-state index in [1.165, 1.54) is 12.4 Å². The molecule has 4 nitrogen and oxygen atoms in total. The molecule has 5 heteroatoms. The second-order valence-electron chi connectivity index (χ2n) is 6.01. The zero-order valence-corrected chi connectivity index (χ0v) is 14.0. The second kappa shape index (κ2) is 5.92. The average molecular weight is 351 g/mol. The Morgan fingerprint density at radius 1 is 1.08 bits per heavy atom. The molecule has 4 rings (SSSR count). The summed E-state index contributed by atoms with van der Waals surface area (Å²) in [7, 11) is 0. The van der Waals surface area contributed by atoms with E-state index in [-0.39, 0.29) is 5.75 Å². The predicted octanol–water partition coefficient (Wildman–Crippen LogP) is 4.20. The van der Waals surface area contributed by atoms with Gasteiger partial charge in [-0.3, -0.25) is 0 Å². The van der Waals surface area contributed by atoms with Crippen LogP contribution in [0.2, 0.25) is 5.02 Å². The Morgan fingerprint density at radius 3 is 2.60 bits per heavy atom. The van der Waals surface area contributed by atoms with Gasteiger partial charge in [-0.15, -0.1) is 0 Å². The number of nitrogens with zero attached hydrogens (tertiary/aromatic N) is 2. The molecule has 2 heterocycles.